The van der Waals surface area contributed by atoms with Crippen LogP contribution in [0.4, 0.5) is 4.79 Å². The smallest absolute Gasteiger partial charge is 0.290 e. The van der Waals surface area contributed by atoms with Gasteiger partial charge in [-0.3, -0.25) is 14.9 Å². The van der Waals surface area contributed by atoms with E-state index in [9.17, 15) is 9.59 Å². The van der Waals surface area contributed by atoms with E-state index in [1.807, 2.05) is 42.5 Å². The van der Waals surface area contributed by atoms with Gasteiger partial charge in [-0.1, -0.05) is 50.2 Å². The lowest BCUT2D eigenvalue weighted by Gasteiger charge is -2.16. The van der Waals surface area contributed by atoms with Crippen LogP contribution in [-0.2, 0) is 4.79 Å². The largest absolute Gasteiger partial charge is 0.490 e. The second kappa shape index (κ2) is 9.46. The molecule has 146 valence electrons. The van der Waals surface area contributed by atoms with E-state index in [0.29, 0.717) is 29.8 Å². The van der Waals surface area contributed by atoms with Gasteiger partial charge in [-0.2, -0.15) is 0 Å². The minimum atomic E-state index is -0.380. The van der Waals surface area contributed by atoms with Gasteiger partial charge in [0.2, 0.25) is 0 Å². The first-order valence-electron chi connectivity index (χ1n) is 9.27. The number of amides is 2. The van der Waals surface area contributed by atoms with Crippen molar-refractivity contribution in [3.05, 3.63) is 64.6 Å². The third-order valence-corrected chi connectivity index (χ3v) is 5.32. The number of carbonyl (C=O) groups is 2. The highest BCUT2D eigenvalue weighted by Gasteiger charge is 2.25. The monoisotopic (exact) mass is 397 g/mol. The summed E-state index contributed by atoms with van der Waals surface area (Å²) >= 11 is 0.890. The number of hydrogen-bond acceptors (Lipinski definition) is 5. The van der Waals surface area contributed by atoms with E-state index in [1.54, 1.807) is 6.08 Å². The fourth-order valence-corrected chi connectivity index (χ4v) is 3.51. The number of nitrogens with one attached hydrogen (secondary N) is 1. The van der Waals surface area contributed by atoms with Crippen molar-refractivity contribution in [2.45, 2.75) is 26.2 Å². The zero-order chi connectivity index (χ0) is 19.9. The average molecular weight is 397 g/mol. The molecule has 2 amide bonds. The number of para-hydroxylation sites is 2. The number of rotatable bonds is 8. The van der Waals surface area contributed by atoms with Crippen LogP contribution < -0.4 is 14.8 Å². The maximum Gasteiger partial charge on any atom is 0.290 e. The van der Waals surface area contributed by atoms with Crippen molar-refractivity contribution in [2.24, 2.45) is 0 Å². The molecule has 1 atom stereocenters. The van der Waals surface area contributed by atoms with Crippen LogP contribution in [0.5, 0.6) is 11.5 Å². The molecule has 0 unspecified atom stereocenters. The highest BCUT2D eigenvalue weighted by Crippen LogP contribution is 2.30. The molecule has 1 N–H and O–H groups in total. The van der Waals surface area contributed by atoms with E-state index in [4.69, 9.17) is 9.47 Å². The Balaban J connectivity index is 1.62. The second-order valence-electron chi connectivity index (χ2n) is 6.43. The lowest BCUT2D eigenvalue weighted by Crippen LogP contribution is -2.17. The molecule has 1 heterocycles. The molecule has 0 spiro atoms. The molecule has 1 saturated heterocycles. The summed E-state index contributed by atoms with van der Waals surface area (Å²) < 4.78 is 11.8. The van der Waals surface area contributed by atoms with E-state index in [2.05, 4.69) is 25.2 Å². The number of imide groups is 1. The summed E-state index contributed by atoms with van der Waals surface area (Å²) in [6.07, 6.45) is 2.71. The quantitative estimate of drug-likeness (QED) is 0.503. The Kier molecular flexibility index (Phi) is 6.76. The lowest BCUT2D eigenvalue weighted by molar-refractivity contribution is -0.115. The Morgan fingerprint density at radius 3 is 2.32 bits per heavy atom. The van der Waals surface area contributed by atoms with Crippen LogP contribution in [0.15, 0.2) is 53.4 Å². The molecule has 1 fully saturated rings. The molecule has 3 rings (SSSR count). The molecule has 0 radical (unpaired) electrons. The zero-order valence-corrected chi connectivity index (χ0v) is 16.8. The normalized spacial score (nSPS) is 16.1. The number of benzene rings is 2. The summed E-state index contributed by atoms with van der Waals surface area (Å²) in [4.78, 5) is 23.4. The molecule has 2 aromatic carbocycles. The minimum Gasteiger partial charge on any atom is -0.490 e. The number of carbonyl (C=O) groups excluding carboxylic acids is 2. The first-order valence-corrected chi connectivity index (χ1v) is 10.1. The molecule has 28 heavy (non-hydrogen) atoms. The van der Waals surface area contributed by atoms with Crippen molar-refractivity contribution >= 4 is 29.0 Å². The summed E-state index contributed by atoms with van der Waals surface area (Å²) in [5.41, 5.74) is 1.94. The first-order chi connectivity index (χ1) is 13.6. The summed E-state index contributed by atoms with van der Waals surface area (Å²) in [6, 6.07) is 15.5. The van der Waals surface area contributed by atoms with Crippen molar-refractivity contribution in [1.82, 2.24) is 5.32 Å². The van der Waals surface area contributed by atoms with Gasteiger partial charge in [0, 0.05) is 5.56 Å². The zero-order valence-electron chi connectivity index (χ0n) is 15.9. The Hall–Kier alpha value is -2.73. The Labute approximate surface area is 169 Å². The van der Waals surface area contributed by atoms with Gasteiger partial charge in [-0.05, 0) is 47.9 Å². The molecule has 5 nitrogen and oxygen atoms in total. The molecule has 6 heteroatoms. The topological polar surface area (TPSA) is 64.6 Å². The first kappa shape index (κ1) is 20.0. The predicted molar refractivity (Wildman–Crippen MR) is 112 cm³/mol. The van der Waals surface area contributed by atoms with Crippen LogP contribution >= 0.6 is 11.8 Å². The molecule has 0 aliphatic carbocycles. The second-order valence-corrected chi connectivity index (χ2v) is 7.45. The summed E-state index contributed by atoms with van der Waals surface area (Å²) in [5.74, 6) is 1.58. The van der Waals surface area contributed by atoms with Crippen LogP contribution in [0.1, 0.15) is 37.3 Å². The fraction of sp³-hybridized carbons (Fsp3) is 0.273. The number of thioether (sulfide) groups is 1. The van der Waals surface area contributed by atoms with Gasteiger partial charge in [-0.15, -0.1) is 0 Å². The summed E-state index contributed by atoms with van der Waals surface area (Å²) in [6.45, 7) is 5.12. The van der Waals surface area contributed by atoms with E-state index >= 15 is 0 Å². The Bertz CT molecular complexity index is 894. The predicted octanol–water partition coefficient (Wildman–Crippen LogP) is 4.98. The SMILES string of the molecule is CC[C@H](C)c1ccccc1OCCOc1ccccc1/C=C1\SC(=O)NC1=O. The van der Waals surface area contributed by atoms with E-state index in [-0.39, 0.29) is 11.1 Å². The van der Waals surface area contributed by atoms with Crippen molar-refractivity contribution in [3.8, 4) is 11.5 Å². The molecule has 1 aliphatic heterocycles. The summed E-state index contributed by atoms with van der Waals surface area (Å²) in [7, 11) is 0. The standard InChI is InChI=1S/C22H23NO4S/c1-3-15(2)17-9-5-7-11-19(17)27-13-12-26-18-10-6-4-8-16(18)14-20-21(24)23-22(25)28-20/h4-11,14-15H,3,12-13H2,1-2H3,(H,23,24,25)/b20-14-/t15-/m0/s1. The van der Waals surface area contributed by atoms with Crippen LogP contribution in [0.2, 0.25) is 0 Å². The third kappa shape index (κ3) is 4.95. The molecule has 0 saturated carbocycles. The van der Waals surface area contributed by atoms with Gasteiger partial charge in [0.05, 0.1) is 4.91 Å². The van der Waals surface area contributed by atoms with E-state index in [1.165, 1.54) is 5.56 Å². The van der Waals surface area contributed by atoms with Crippen molar-refractivity contribution < 1.29 is 19.1 Å². The van der Waals surface area contributed by atoms with Gasteiger partial charge >= 0.3 is 0 Å². The van der Waals surface area contributed by atoms with E-state index < -0.39 is 0 Å². The lowest BCUT2D eigenvalue weighted by atomic mass is 9.98. The number of hydrogen-bond donors (Lipinski definition) is 1. The molecule has 2 aromatic rings. The Morgan fingerprint density at radius 1 is 1.00 bits per heavy atom. The molecule has 1 aliphatic rings. The van der Waals surface area contributed by atoms with Gasteiger partial charge in [-0.25, -0.2) is 0 Å². The van der Waals surface area contributed by atoms with Gasteiger partial charge in [0.15, 0.2) is 0 Å². The van der Waals surface area contributed by atoms with Crippen molar-refractivity contribution in [3.63, 3.8) is 0 Å². The van der Waals surface area contributed by atoms with Gasteiger partial charge in [0.25, 0.3) is 11.1 Å². The maximum absolute atomic E-state index is 11.7. The molecular formula is C22H23NO4S. The van der Waals surface area contributed by atoms with Crippen LogP contribution in [-0.4, -0.2) is 24.4 Å². The van der Waals surface area contributed by atoms with Gasteiger partial charge in [0.1, 0.15) is 24.7 Å². The fourth-order valence-electron chi connectivity index (χ4n) is 2.84. The highest BCUT2D eigenvalue weighted by molar-refractivity contribution is 8.18. The average Bonchev–Trinajstić information content (AvgIpc) is 3.03. The van der Waals surface area contributed by atoms with E-state index in [0.717, 1.165) is 29.5 Å². The number of ether oxygens (including phenoxy) is 2. The van der Waals surface area contributed by atoms with Crippen LogP contribution in [0.3, 0.4) is 0 Å². The maximum atomic E-state index is 11.7. The third-order valence-electron chi connectivity index (χ3n) is 4.51. The van der Waals surface area contributed by atoms with Gasteiger partial charge < -0.3 is 9.47 Å². The van der Waals surface area contributed by atoms with Crippen molar-refractivity contribution in [1.29, 1.82) is 0 Å². The van der Waals surface area contributed by atoms with Crippen molar-refractivity contribution in [2.75, 3.05) is 13.2 Å². The summed E-state index contributed by atoms with van der Waals surface area (Å²) in [5, 5.41) is 1.89. The molecule has 0 aromatic heterocycles. The Morgan fingerprint density at radius 2 is 1.64 bits per heavy atom. The van der Waals surface area contributed by atoms with Crippen LogP contribution in [0.25, 0.3) is 6.08 Å². The molecule has 0 bridgehead atoms. The minimum absolute atomic E-state index is 0.358. The molecular weight excluding hydrogens is 374 g/mol. The van der Waals surface area contributed by atoms with Crippen LogP contribution in [0, 0.1) is 0 Å². The highest BCUT2D eigenvalue weighted by atomic mass is 32.2.